The molecule has 0 amide bonds. The first kappa shape index (κ1) is 7.35. The van der Waals surface area contributed by atoms with Crippen LogP contribution in [0.15, 0.2) is 6.07 Å². The SMILES string of the molecule is CCc1cc(CO)c(C)[nH]1. The molecule has 0 spiro atoms. The van der Waals surface area contributed by atoms with Crippen LogP contribution in [0.25, 0.3) is 0 Å². The van der Waals surface area contributed by atoms with Crippen LogP contribution in [0.2, 0.25) is 0 Å². The molecule has 0 aromatic carbocycles. The molecule has 10 heavy (non-hydrogen) atoms. The van der Waals surface area contributed by atoms with Crippen molar-refractivity contribution < 1.29 is 5.11 Å². The highest BCUT2D eigenvalue weighted by atomic mass is 16.3. The van der Waals surface area contributed by atoms with Crippen molar-refractivity contribution in [3.63, 3.8) is 0 Å². The maximum absolute atomic E-state index is 8.81. The highest BCUT2D eigenvalue weighted by Crippen LogP contribution is 2.09. The predicted molar refractivity (Wildman–Crippen MR) is 40.8 cm³/mol. The molecule has 0 fully saturated rings. The fourth-order valence-corrected chi connectivity index (χ4v) is 1.03. The van der Waals surface area contributed by atoms with E-state index in [9.17, 15) is 0 Å². The lowest BCUT2D eigenvalue weighted by Crippen LogP contribution is -1.81. The average Bonchev–Trinajstić information content (AvgIpc) is 2.30. The van der Waals surface area contributed by atoms with Crippen LogP contribution in [0.1, 0.15) is 23.9 Å². The van der Waals surface area contributed by atoms with Crippen molar-refractivity contribution in [2.45, 2.75) is 26.9 Å². The first-order valence-electron chi connectivity index (χ1n) is 3.56. The van der Waals surface area contributed by atoms with Gasteiger partial charge in [-0.15, -0.1) is 0 Å². The van der Waals surface area contributed by atoms with Gasteiger partial charge in [-0.25, -0.2) is 0 Å². The Kier molecular flexibility index (Phi) is 2.12. The lowest BCUT2D eigenvalue weighted by Gasteiger charge is -1.88. The van der Waals surface area contributed by atoms with Gasteiger partial charge in [0.1, 0.15) is 0 Å². The van der Waals surface area contributed by atoms with E-state index in [1.54, 1.807) is 0 Å². The van der Waals surface area contributed by atoms with E-state index in [0.717, 1.165) is 17.7 Å². The van der Waals surface area contributed by atoms with Gasteiger partial charge in [-0.3, -0.25) is 0 Å². The Morgan fingerprint density at radius 3 is 2.60 bits per heavy atom. The number of hydrogen-bond donors (Lipinski definition) is 2. The van der Waals surface area contributed by atoms with Gasteiger partial charge in [0.25, 0.3) is 0 Å². The van der Waals surface area contributed by atoms with Crippen molar-refractivity contribution in [3.8, 4) is 0 Å². The van der Waals surface area contributed by atoms with E-state index in [0.29, 0.717) is 0 Å². The molecule has 0 bridgehead atoms. The minimum atomic E-state index is 0.141. The number of H-pyrrole nitrogens is 1. The Bertz CT molecular complexity index is 215. The van der Waals surface area contributed by atoms with Gasteiger partial charge in [-0.1, -0.05) is 6.92 Å². The van der Waals surface area contributed by atoms with Gasteiger partial charge in [0.2, 0.25) is 0 Å². The second kappa shape index (κ2) is 2.88. The summed E-state index contributed by atoms with van der Waals surface area (Å²) >= 11 is 0. The summed E-state index contributed by atoms with van der Waals surface area (Å²) in [4.78, 5) is 3.19. The van der Waals surface area contributed by atoms with Crippen LogP contribution >= 0.6 is 0 Å². The minimum Gasteiger partial charge on any atom is -0.392 e. The average molecular weight is 139 g/mol. The second-order valence-corrected chi connectivity index (χ2v) is 2.46. The Labute approximate surface area is 60.9 Å². The lowest BCUT2D eigenvalue weighted by atomic mass is 10.2. The van der Waals surface area contributed by atoms with E-state index in [4.69, 9.17) is 5.11 Å². The third-order valence-electron chi connectivity index (χ3n) is 1.73. The van der Waals surface area contributed by atoms with Crippen LogP contribution in [0.5, 0.6) is 0 Å². The summed E-state index contributed by atoms with van der Waals surface area (Å²) in [6.45, 7) is 4.21. The van der Waals surface area contributed by atoms with Crippen LogP contribution in [-0.2, 0) is 13.0 Å². The van der Waals surface area contributed by atoms with Crippen molar-refractivity contribution in [2.75, 3.05) is 0 Å². The van der Waals surface area contributed by atoms with Crippen LogP contribution in [-0.4, -0.2) is 10.1 Å². The summed E-state index contributed by atoms with van der Waals surface area (Å²) in [6, 6.07) is 2.01. The Morgan fingerprint density at radius 1 is 1.60 bits per heavy atom. The molecule has 0 saturated carbocycles. The Morgan fingerprint density at radius 2 is 2.30 bits per heavy atom. The summed E-state index contributed by atoms with van der Waals surface area (Å²) in [5.41, 5.74) is 3.29. The number of aliphatic hydroxyl groups is 1. The molecular weight excluding hydrogens is 126 g/mol. The molecule has 0 saturated heterocycles. The maximum Gasteiger partial charge on any atom is 0.0699 e. The van der Waals surface area contributed by atoms with Crippen molar-refractivity contribution in [1.82, 2.24) is 4.98 Å². The highest BCUT2D eigenvalue weighted by Gasteiger charge is 1.99. The molecular formula is C8H13NO. The number of rotatable bonds is 2. The molecule has 0 unspecified atom stereocenters. The molecule has 0 atom stereocenters. The molecule has 0 aliphatic rings. The smallest absolute Gasteiger partial charge is 0.0699 e. The van der Waals surface area contributed by atoms with Crippen molar-refractivity contribution in [1.29, 1.82) is 0 Å². The van der Waals surface area contributed by atoms with E-state index < -0.39 is 0 Å². The van der Waals surface area contributed by atoms with Crippen molar-refractivity contribution in [2.24, 2.45) is 0 Å². The molecule has 2 N–H and O–H groups in total. The molecule has 1 heterocycles. The molecule has 56 valence electrons. The van der Waals surface area contributed by atoms with Gasteiger partial charge in [0, 0.05) is 11.4 Å². The van der Waals surface area contributed by atoms with E-state index in [-0.39, 0.29) is 6.61 Å². The zero-order chi connectivity index (χ0) is 7.56. The number of aromatic amines is 1. The zero-order valence-electron chi connectivity index (χ0n) is 6.44. The topological polar surface area (TPSA) is 36.0 Å². The first-order valence-corrected chi connectivity index (χ1v) is 3.56. The largest absolute Gasteiger partial charge is 0.392 e. The molecule has 1 rings (SSSR count). The summed E-state index contributed by atoms with van der Waals surface area (Å²) in [5.74, 6) is 0. The van der Waals surface area contributed by atoms with Crippen molar-refractivity contribution >= 4 is 0 Å². The summed E-state index contributed by atoms with van der Waals surface area (Å²) in [6.07, 6.45) is 1.00. The highest BCUT2D eigenvalue weighted by molar-refractivity contribution is 5.23. The fourth-order valence-electron chi connectivity index (χ4n) is 1.03. The number of nitrogens with one attached hydrogen (secondary N) is 1. The first-order chi connectivity index (χ1) is 4.77. The summed E-state index contributed by atoms with van der Waals surface area (Å²) < 4.78 is 0. The van der Waals surface area contributed by atoms with Gasteiger partial charge < -0.3 is 10.1 Å². The van der Waals surface area contributed by atoms with E-state index in [1.807, 2.05) is 13.0 Å². The molecule has 0 radical (unpaired) electrons. The Hall–Kier alpha value is -0.760. The fraction of sp³-hybridized carbons (Fsp3) is 0.500. The molecule has 0 aliphatic heterocycles. The van der Waals surface area contributed by atoms with Gasteiger partial charge in [-0.05, 0) is 25.0 Å². The van der Waals surface area contributed by atoms with Gasteiger partial charge in [0.15, 0.2) is 0 Å². The van der Waals surface area contributed by atoms with Gasteiger partial charge in [-0.2, -0.15) is 0 Å². The standard InChI is InChI=1S/C8H13NO/c1-3-8-4-7(5-10)6(2)9-8/h4,9-10H,3,5H2,1-2H3. The molecule has 1 aromatic rings. The van der Waals surface area contributed by atoms with Gasteiger partial charge in [0.05, 0.1) is 6.61 Å². The third kappa shape index (κ3) is 1.21. The number of hydrogen-bond acceptors (Lipinski definition) is 1. The monoisotopic (exact) mass is 139 g/mol. The van der Waals surface area contributed by atoms with Crippen LogP contribution in [0, 0.1) is 6.92 Å². The van der Waals surface area contributed by atoms with E-state index in [1.165, 1.54) is 5.69 Å². The molecule has 0 aliphatic carbocycles. The Balaban J connectivity index is 2.92. The minimum absolute atomic E-state index is 0.141. The van der Waals surface area contributed by atoms with Crippen LogP contribution in [0.4, 0.5) is 0 Å². The van der Waals surface area contributed by atoms with Gasteiger partial charge >= 0.3 is 0 Å². The molecule has 1 aromatic heterocycles. The van der Waals surface area contributed by atoms with E-state index >= 15 is 0 Å². The number of aliphatic hydroxyl groups excluding tert-OH is 1. The van der Waals surface area contributed by atoms with Crippen LogP contribution < -0.4 is 0 Å². The maximum atomic E-state index is 8.81. The predicted octanol–water partition coefficient (Wildman–Crippen LogP) is 1.38. The molecule has 2 nitrogen and oxygen atoms in total. The zero-order valence-corrected chi connectivity index (χ0v) is 6.44. The second-order valence-electron chi connectivity index (χ2n) is 2.46. The van der Waals surface area contributed by atoms with Crippen LogP contribution in [0.3, 0.4) is 0 Å². The quantitative estimate of drug-likeness (QED) is 0.638. The summed E-state index contributed by atoms with van der Waals surface area (Å²) in [5, 5.41) is 8.81. The number of aromatic nitrogens is 1. The molecule has 2 heteroatoms. The summed E-state index contributed by atoms with van der Waals surface area (Å²) in [7, 11) is 0. The number of aryl methyl sites for hydroxylation is 2. The normalized spacial score (nSPS) is 10.3. The van der Waals surface area contributed by atoms with Crippen molar-refractivity contribution in [3.05, 3.63) is 23.0 Å². The van der Waals surface area contributed by atoms with E-state index in [2.05, 4.69) is 11.9 Å². The lowest BCUT2D eigenvalue weighted by molar-refractivity contribution is 0.281. The third-order valence-corrected chi connectivity index (χ3v) is 1.73.